The Bertz CT molecular complexity index is 1200. The highest BCUT2D eigenvalue weighted by Gasteiger charge is 2.38. The van der Waals surface area contributed by atoms with Gasteiger partial charge in [0.05, 0.1) is 17.8 Å². The largest absolute Gasteiger partial charge is 0.487 e. The van der Waals surface area contributed by atoms with Crippen molar-refractivity contribution in [3.8, 4) is 5.75 Å². The van der Waals surface area contributed by atoms with E-state index in [9.17, 15) is 19.1 Å². The molecule has 3 aromatic rings. The summed E-state index contributed by atoms with van der Waals surface area (Å²) in [7, 11) is 0. The van der Waals surface area contributed by atoms with Crippen molar-refractivity contribution >= 4 is 11.8 Å². The first kappa shape index (κ1) is 26.2. The molecular weight excluding hydrogens is 475 g/mol. The Morgan fingerprint density at radius 3 is 2.70 bits per heavy atom. The quantitative estimate of drug-likeness (QED) is 0.390. The summed E-state index contributed by atoms with van der Waals surface area (Å²) in [4.78, 5) is 31.1. The van der Waals surface area contributed by atoms with Gasteiger partial charge >= 0.3 is 0 Å². The minimum atomic E-state index is -1.24. The van der Waals surface area contributed by atoms with E-state index in [-0.39, 0.29) is 24.8 Å². The average molecular weight is 507 g/mol. The molecule has 1 fully saturated rings. The Morgan fingerprint density at radius 1 is 1.19 bits per heavy atom. The van der Waals surface area contributed by atoms with E-state index in [1.54, 1.807) is 29.3 Å². The zero-order valence-electron chi connectivity index (χ0n) is 20.6. The van der Waals surface area contributed by atoms with Gasteiger partial charge in [-0.25, -0.2) is 4.39 Å². The number of carbonyl (C=O) groups excluding carboxylic acids is 2. The van der Waals surface area contributed by atoms with Gasteiger partial charge in [-0.15, -0.1) is 0 Å². The second kappa shape index (κ2) is 12.4. The third-order valence-electron chi connectivity index (χ3n) is 6.18. The average Bonchev–Trinajstić information content (AvgIpc) is 2.89. The molecule has 3 atom stereocenters. The Balaban J connectivity index is 1.47. The van der Waals surface area contributed by atoms with Crippen molar-refractivity contribution in [2.45, 2.75) is 44.7 Å². The van der Waals surface area contributed by atoms with Gasteiger partial charge in [0.25, 0.3) is 0 Å². The fourth-order valence-electron chi connectivity index (χ4n) is 4.44. The first-order valence-electron chi connectivity index (χ1n) is 12.2. The third-order valence-corrected chi connectivity index (χ3v) is 6.18. The number of amides is 2. The lowest BCUT2D eigenvalue weighted by molar-refractivity contribution is -0.141. The topological polar surface area (TPSA) is 104 Å². The molecular formula is C28H31FN4O4. The van der Waals surface area contributed by atoms with Gasteiger partial charge < -0.3 is 25.4 Å². The molecule has 1 aliphatic heterocycles. The van der Waals surface area contributed by atoms with Crippen LogP contribution in [-0.2, 0) is 29.2 Å². The number of benzene rings is 2. The van der Waals surface area contributed by atoms with Gasteiger partial charge in [0, 0.05) is 38.8 Å². The first-order chi connectivity index (χ1) is 17.9. The number of halogens is 1. The minimum Gasteiger partial charge on any atom is -0.487 e. The van der Waals surface area contributed by atoms with E-state index >= 15 is 0 Å². The number of piperazine rings is 1. The number of ether oxygens (including phenoxy) is 1. The van der Waals surface area contributed by atoms with Crippen molar-refractivity contribution in [1.29, 1.82) is 0 Å². The molecule has 0 bridgehead atoms. The molecule has 2 amide bonds. The zero-order chi connectivity index (χ0) is 26.2. The molecule has 194 valence electrons. The number of hydrogen-bond donors (Lipinski definition) is 3. The monoisotopic (exact) mass is 506 g/mol. The number of hydrogen-bond acceptors (Lipinski definition) is 6. The Labute approximate surface area is 215 Å². The molecule has 0 saturated carbocycles. The zero-order valence-corrected chi connectivity index (χ0v) is 20.6. The summed E-state index contributed by atoms with van der Waals surface area (Å²) >= 11 is 0. The van der Waals surface area contributed by atoms with Crippen molar-refractivity contribution in [2.24, 2.45) is 0 Å². The Morgan fingerprint density at radius 2 is 1.97 bits per heavy atom. The predicted octanol–water partition coefficient (Wildman–Crippen LogP) is 2.21. The van der Waals surface area contributed by atoms with Crippen molar-refractivity contribution in [2.75, 3.05) is 13.1 Å². The highest BCUT2D eigenvalue weighted by molar-refractivity contribution is 5.83. The highest BCUT2D eigenvalue weighted by Crippen LogP contribution is 2.21. The Kier molecular flexibility index (Phi) is 8.81. The first-order valence-corrected chi connectivity index (χ1v) is 12.2. The molecule has 0 unspecified atom stereocenters. The van der Waals surface area contributed by atoms with E-state index in [2.05, 4.69) is 15.6 Å². The van der Waals surface area contributed by atoms with Crippen LogP contribution in [0.25, 0.3) is 0 Å². The highest BCUT2D eigenvalue weighted by atomic mass is 19.1. The molecule has 8 nitrogen and oxygen atoms in total. The third kappa shape index (κ3) is 7.34. The fraction of sp³-hybridized carbons (Fsp3) is 0.321. The normalized spacial score (nSPS) is 17.2. The van der Waals surface area contributed by atoms with Gasteiger partial charge in [0.2, 0.25) is 11.8 Å². The molecule has 0 aliphatic carbocycles. The summed E-state index contributed by atoms with van der Waals surface area (Å²) in [5.41, 5.74) is 2.20. The summed E-state index contributed by atoms with van der Waals surface area (Å²) < 4.78 is 20.1. The van der Waals surface area contributed by atoms with E-state index in [4.69, 9.17) is 4.74 Å². The molecule has 1 saturated heterocycles. The number of nitrogens with one attached hydrogen (secondary N) is 2. The van der Waals surface area contributed by atoms with E-state index < -0.39 is 24.0 Å². The number of carbonyl (C=O) groups is 2. The van der Waals surface area contributed by atoms with E-state index in [1.807, 2.05) is 36.4 Å². The standard InChI is InChI=1S/C28H31FN4O4/c1-19(34)32-25(15-21-13-22(29)16-24(14-21)37-18-23-9-5-6-10-30-23)27(35)26-28(36)33(12-11-31-26)17-20-7-3-2-4-8-20/h2-10,13-14,16,25-27,31,35H,11-12,15,17-18H2,1H3,(H,32,34)/t25-,26-,27-/m0/s1. The lowest BCUT2D eigenvalue weighted by atomic mass is 9.94. The second-order valence-electron chi connectivity index (χ2n) is 9.08. The van der Waals surface area contributed by atoms with Crippen LogP contribution < -0.4 is 15.4 Å². The molecule has 2 heterocycles. The number of aliphatic hydroxyl groups is 1. The maximum absolute atomic E-state index is 14.4. The summed E-state index contributed by atoms with van der Waals surface area (Å²) in [6.07, 6.45) is 0.510. The predicted molar refractivity (Wildman–Crippen MR) is 136 cm³/mol. The van der Waals surface area contributed by atoms with Crippen LogP contribution in [0.2, 0.25) is 0 Å². The van der Waals surface area contributed by atoms with Crippen LogP contribution in [0, 0.1) is 5.82 Å². The summed E-state index contributed by atoms with van der Waals surface area (Å²) in [6.45, 7) is 2.93. The number of aliphatic hydroxyl groups excluding tert-OH is 1. The maximum atomic E-state index is 14.4. The molecule has 3 N–H and O–H groups in total. The molecule has 2 aromatic carbocycles. The van der Waals surface area contributed by atoms with Gasteiger partial charge in [0.15, 0.2) is 0 Å². The molecule has 4 rings (SSSR count). The van der Waals surface area contributed by atoms with Gasteiger partial charge in [0.1, 0.15) is 24.2 Å². The minimum absolute atomic E-state index is 0.0998. The van der Waals surface area contributed by atoms with Gasteiger partial charge in [-0.3, -0.25) is 14.6 Å². The number of nitrogens with zero attached hydrogens (tertiary/aromatic N) is 2. The number of pyridine rings is 1. The summed E-state index contributed by atoms with van der Waals surface area (Å²) in [6, 6.07) is 17.6. The SMILES string of the molecule is CC(=O)N[C@@H](Cc1cc(F)cc(OCc2ccccn2)c1)[C@H](O)[C@@H]1NCCN(Cc2ccccc2)C1=O. The van der Waals surface area contributed by atoms with Crippen LogP contribution in [0.4, 0.5) is 4.39 Å². The van der Waals surface area contributed by atoms with Crippen molar-refractivity contribution < 1.29 is 23.8 Å². The van der Waals surface area contributed by atoms with Crippen LogP contribution in [0.15, 0.2) is 72.9 Å². The summed E-state index contributed by atoms with van der Waals surface area (Å²) in [5.74, 6) is -0.823. The van der Waals surface area contributed by atoms with Crippen molar-refractivity contribution in [1.82, 2.24) is 20.5 Å². The van der Waals surface area contributed by atoms with Crippen molar-refractivity contribution in [3.05, 3.63) is 95.6 Å². The molecule has 0 spiro atoms. The lowest BCUT2D eigenvalue weighted by Crippen LogP contribution is -2.63. The van der Waals surface area contributed by atoms with Crippen LogP contribution in [-0.4, -0.2) is 58.1 Å². The van der Waals surface area contributed by atoms with Gasteiger partial charge in [-0.05, 0) is 41.8 Å². The summed E-state index contributed by atoms with van der Waals surface area (Å²) in [5, 5.41) is 17.1. The molecule has 1 aromatic heterocycles. The molecule has 9 heteroatoms. The maximum Gasteiger partial charge on any atom is 0.242 e. The van der Waals surface area contributed by atoms with Crippen molar-refractivity contribution in [3.63, 3.8) is 0 Å². The lowest BCUT2D eigenvalue weighted by Gasteiger charge is -2.38. The van der Waals surface area contributed by atoms with Crippen LogP contribution in [0.3, 0.4) is 0 Å². The van der Waals surface area contributed by atoms with Crippen LogP contribution >= 0.6 is 0 Å². The molecule has 1 aliphatic rings. The van der Waals surface area contributed by atoms with E-state index in [1.165, 1.54) is 19.1 Å². The smallest absolute Gasteiger partial charge is 0.242 e. The van der Waals surface area contributed by atoms with E-state index in [0.717, 1.165) is 5.56 Å². The van der Waals surface area contributed by atoms with Gasteiger partial charge in [-0.2, -0.15) is 0 Å². The fourth-order valence-corrected chi connectivity index (χ4v) is 4.44. The van der Waals surface area contributed by atoms with Crippen LogP contribution in [0.1, 0.15) is 23.7 Å². The Hall–Kier alpha value is -3.82. The second-order valence-corrected chi connectivity index (χ2v) is 9.08. The van der Waals surface area contributed by atoms with E-state index in [0.29, 0.717) is 36.6 Å². The van der Waals surface area contributed by atoms with Crippen LogP contribution in [0.5, 0.6) is 5.75 Å². The molecule has 0 radical (unpaired) electrons. The number of aromatic nitrogens is 1. The molecule has 37 heavy (non-hydrogen) atoms. The number of rotatable bonds is 10. The van der Waals surface area contributed by atoms with Gasteiger partial charge in [-0.1, -0.05) is 36.4 Å².